The van der Waals surface area contributed by atoms with Crippen molar-refractivity contribution in [1.82, 2.24) is 14.9 Å². The molecule has 0 radical (unpaired) electrons. The van der Waals surface area contributed by atoms with Gasteiger partial charge in [-0.15, -0.1) is 0 Å². The minimum absolute atomic E-state index is 0.128. The van der Waals surface area contributed by atoms with E-state index in [1.54, 1.807) is 12.5 Å². The van der Waals surface area contributed by atoms with Gasteiger partial charge >= 0.3 is 0 Å². The summed E-state index contributed by atoms with van der Waals surface area (Å²) < 4.78 is 1.98. The van der Waals surface area contributed by atoms with Crippen LogP contribution >= 0.6 is 0 Å². The summed E-state index contributed by atoms with van der Waals surface area (Å²) in [7, 11) is 0. The number of nitrogens with zero attached hydrogens (tertiary/aromatic N) is 2. The van der Waals surface area contributed by atoms with Crippen LogP contribution in [0.15, 0.2) is 73.3 Å². The highest BCUT2D eigenvalue weighted by Gasteiger charge is 2.23. The maximum Gasteiger partial charge on any atom is 0.0992 e. The van der Waals surface area contributed by atoms with Gasteiger partial charge in [-0.1, -0.05) is 42.5 Å². The molecule has 0 bridgehead atoms. The van der Waals surface area contributed by atoms with Crippen molar-refractivity contribution in [3.63, 3.8) is 0 Å². The van der Waals surface area contributed by atoms with E-state index in [2.05, 4.69) is 35.4 Å². The van der Waals surface area contributed by atoms with Crippen molar-refractivity contribution in [3.05, 3.63) is 84.4 Å². The van der Waals surface area contributed by atoms with Gasteiger partial charge in [-0.25, -0.2) is 4.98 Å². The summed E-state index contributed by atoms with van der Waals surface area (Å²) in [5.41, 5.74) is 2.26. The number of nitrogens with one attached hydrogen (secondary N) is 1. The second kappa shape index (κ2) is 6.99. The summed E-state index contributed by atoms with van der Waals surface area (Å²) in [5.74, 6) is 0. The van der Waals surface area contributed by atoms with Gasteiger partial charge in [-0.2, -0.15) is 0 Å². The summed E-state index contributed by atoms with van der Waals surface area (Å²) in [5, 5.41) is 14.1. The molecule has 0 fully saturated rings. The molecule has 0 amide bonds. The molecule has 2 N–H and O–H groups in total. The van der Waals surface area contributed by atoms with Crippen molar-refractivity contribution in [2.75, 3.05) is 6.54 Å². The zero-order valence-electron chi connectivity index (χ0n) is 14.1. The van der Waals surface area contributed by atoms with E-state index in [0.29, 0.717) is 6.54 Å². The monoisotopic (exact) mass is 321 g/mol. The first-order valence-corrected chi connectivity index (χ1v) is 8.16. The molecule has 0 spiro atoms. The minimum Gasteiger partial charge on any atom is -0.384 e. The number of hydrogen-bond acceptors (Lipinski definition) is 3. The molecule has 0 aliphatic carbocycles. The van der Waals surface area contributed by atoms with Gasteiger partial charge in [-0.3, -0.25) is 0 Å². The van der Waals surface area contributed by atoms with E-state index in [1.807, 2.05) is 54.1 Å². The molecule has 3 rings (SSSR count). The number of rotatable bonds is 6. The average Bonchev–Trinajstić information content (AvgIpc) is 3.15. The van der Waals surface area contributed by atoms with Crippen LogP contribution in [0.5, 0.6) is 0 Å². The van der Waals surface area contributed by atoms with Crippen LogP contribution < -0.4 is 5.32 Å². The summed E-state index contributed by atoms with van der Waals surface area (Å²) in [6.45, 7) is 4.42. The molecular weight excluding hydrogens is 298 g/mol. The molecule has 4 nitrogen and oxygen atoms in total. The van der Waals surface area contributed by atoms with Crippen LogP contribution in [-0.4, -0.2) is 21.2 Å². The van der Waals surface area contributed by atoms with Crippen molar-refractivity contribution in [2.24, 2.45) is 0 Å². The topological polar surface area (TPSA) is 50.1 Å². The van der Waals surface area contributed by atoms with E-state index in [4.69, 9.17) is 0 Å². The molecule has 0 saturated carbocycles. The van der Waals surface area contributed by atoms with E-state index >= 15 is 0 Å². The third-order valence-electron chi connectivity index (χ3n) is 4.32. The second-order valence-corrected chi connectivity index (χ2v) is 6.31. The molecule has 124 valence electrons. The molecule has 24 heavy (non-hydrogen) atoms. The number of aromatic nitrogens is 2. The van der Waals surface area contributed by atoms with Crippen LogP contribution in [0.4, 0.5) is 0 Å². The Morgan fingerprint density at radius 1 is 1.17 bits per heavy atom. The van der Waals surface area contributed by atoms with Crippen LogP contribution in [0.2, 0.25) is 0 Å². The van der Waals surface area contributed by atoms with Crippen LogP contribution in [0.3, 0.4) is 0 Å². The van der Waals surface area contributed by atoms with E-state index in [0.717, 1.165) is 11.3 Å². The quantitative estimate of drug-likeness (QED) is 0.731. The van der Waals surface area contributed by atoms with Crippen LogP contribution in [0, 0.1) is 0 Å². The molecule has 2 atom stereocenters. The molecule has 3 aromatic rings. The summed E-state index contributed by atoms with van der Waals surface area (Å²) in [6, 6.07) is 18.2. The van der Waals surface area contributed by atoms with E-state index in [-0.39, 0.29) is 6.04 Å². The lowest BCUT2D eigenvalue weighted by Crippen LogP contribution is -2.36. The van der Waals surface area contributed by atoms with Gasteiger partial charge in [0.15, 0.2) is 0 Å². The van der Waals surface area contributed by atoms with Crippen molar-refractivity contribution in [1.29, 1.82) is 0 Å². The Balaban J connectivity index is 1.69. The second-order valence-electron chi connectivity index (χ2n) is 6.31. The third kappa shape index (κ3) is 3.72. The maximum atomic E-state index is 10.7. The molecule has 0 aliphatic heterocycles. The Labute approximate surface area is 142 Å². The van der Waals surface area contributed by atoms with E-state index in [9.17, 15) is 5.11 Å². The van der Waals surface area contributed by atoms with Crippen molar-refractivity contribution >= 4 is 0 Å². The first kappa shape index (κ1) is 16.4. The predicted molar refractivity (Wildman–Crippen MR) is 96.0 cm³/mol. The van der Waals surface area contributed by atoms with Crippen molar-refractivity contribution in [2.45, 2.75) is 25.5 Å². The SMILES string of the molecule is CC(NCC(C)(O)c1ccccc1)c1cccc(-n2ccnc2)c1. The first-order chi connectivity index (χ1) is 11.6. The van der Waals surface area contributed by atoms with Crippen LogP contribution in [-0.2, 0) is 5.60 Å². The first-order valence-electron chi connectivity index (χ1n) is 8.16. The standard InChI is InChI=1S/C20H23N3O/c1-16(22-14-20(2,24)18-8-4-3-5-9-18)17-7-6-10-19(13-17)23-12-11-21-15-23/h3-13,15-16,22,24H,14H2,1-2H3. The molecular formula is C20H23N3O. The normalized spacial score (nSPS) is 15.0. The highest BCUT2D eigenvalue weighted by Crippen LogP contribution is 2.22. The summed E-state index contributed by atoms with van der Waals surface area (Å²) in [6.07, 6.45) is 5.49. The van der Waals surface area contributed by atoms with Gasteiger partial charge in [0.25, 0.3) is 0 Å². The highest BCUT2D eigenvalue weighted by atomic mass is 16.3. The van der Waals surface area contributed by atoms with Crippen molar-refractivity contribution < 1.29 is 5.11 Å². The van der Waals surface area contributed by atoms with Gasteiger partial charge < -0.3 is 15.0 Å². The van der Waals surface area contributed by atoms with Gasteiger partial charge in [0, 0.05) is 30.7 Å². The lowest BCUT2D eigenvalue weighted by molar-refractivity contribution is 0.0543. The molecule has 1 aromatic heterocycles. The number of hydrogen-bond donors (Lipinski definition) is 2. The zero-order chi connectivity index (χ0) is 17.0. The van der Waals surface area contributed by atoms with Gasteiger partial charge in [0.2, 0.25) is 0 Å². The Hall–Kier alpha value is -2.43. The maximum absolute atomic E-state index is 10.7. The zero-order valence-corrected chi connectivity index (χ0v) is 14.1. The fraction of sp³-hybridized carbons (Fsp3) is 0.250. The smallest absolute Gasteiger partial charge is 0.0992 e. The van der Waals surface area contributed by atoms with E-state index < -0.39 is 5.60 Å². The van der Waals surface area contributed by atoms with Gasteiger partial charge in [0.05, 0.1) is 11.9 Å². The Morgan fingerprint density at radius 3 is 2.67 bits per heavy atom. The molecule has 2 unspecified atom stereocenters. The van der Waals surface area contributed by atoms with Crippen LogP contribution in [0.1, 0.15) is 31.0 Å². The molecule has 0 saturated heterocycles. The number of aliphatic hydroxyl groups is 1. The van der Waals surface area contributed by atoms with Crippen LogP contribution in [0.25, 0.3) is 5.69 Å². The van der Waals surface area contributed by atoms with Gasteiger partial charge in [0.1, 0.15) is 0 Å². The molecule has 2 aromatic carbocycles. The minimum atomic E-state index is -0.905. The highest BCUT2D eigenvalue weighted by molar-refractivity contribution is 5.37. The largest absolute Gasteiger partial charge is 0.384 e. The molecule has 1 heterocycles. The fourth-order valence-electron chi connectivity index (χ4n) is 2.74. The number of imidazole rings is 1. The molecule has 0 aliphatic rings. The average molecular weight is 321 g/mol. The van der Waals surface area contributed by atoms with E-state index in [1.165, 1.54) is 5.56 Å². The summed E-state index contributed by atoms with van der Waals surface area (Å²) >= 11 is 0. The lowest BCUT2D eigenvalue weighted by atomic mass is 9.95. The van der Waals surface area contributed by atoms with Crippen molar-refractivity contribution in [3.8, 4) is 5.69 Å². The Bertz CT molecular complexity index is 767. The Kier molecular flexibility index (Phi) is 4.79. The third-order valence-corrected chi connectivity index (χ3v) is 4.32. The fourth-order valence-corrected chi connectivity index (χ4v) is 2.74. The van der Waals surface area contributed by atoms with Gasteiger partial charge in [-0.05, 0) is 37.1 Å². The Morgan fingerprint density at radius 2 is 1.96 bits per heavy atom. The molecule has 4 heteroatoms. The summed E-state index contributed by atoms with van der Waals surface area (Å²) in [4.78, 5) is 4.09. The number of benzene rings is 2. The lowest BCUT2D eigenvalue weighted by Gasteiger charge is -2.27. The predicted octanol–water partition coefficient (Wildman–Crippen LogP) is 3.43.